The highest BCUT2D eigenvalue weighted by atomic mass is 31.2. The Hall–Kier alpha value is -2.49. The Bertz CT molecular complexity index is 1690. The van der Waals surface area contributed by atoms with Crippen molar-refractivity contribution in [1.82, 2.24) is 0 Å². The van der Waals surface area contributed by atoms with Gasteiger partial charge in [0.05, 0.1) is 26.4 Å². The van der Waals surface area contributed by atoms with E-state index in [1.165, 1.54) is 109 Å². The van der Waals surface area contributed by atoms with Crippen molar-refractivity contribution >= 4 is 33.6 Å². The number of phosphoric acid groups is 2. The lowest BCUT2D eigenvalue weighted by atomic mass is 10.0. The van der Waals surface area contributed by atoms with Gasteiger partial charge in [-0.05, 0) is 57.8 Å². The maximum Gasteiger partial charge on any atom is 0.472 e. The molecule has 0 aromatic carbocycles. The molecule has 0 amide bonds. The lowest BCUT2D eigenvalue weighted by molar-refractivity contribution is -0.161. The normalized spacial score (nSPS) is 14.7. The predicted octanol–water partition coefficient (Wildman–Crippen LogP) is 16.9. The number of allylic oxidation sites excluding steroid dienone is 8. The third kappa shape index (κ3) is 59.1. The zero-order chi connectivity index (χ0) is 59.6. The van der Waals surface area contributed by atoms with Crippen molar-refractivity contribution < 1.29 is 75.8 Å². The average molecular weight is 1190 g/mol. The van der Waals surface area contributed by atoms with Gasteiger partial charge in [-0.15, -0.1) is 0 Å². The molecule has 0 aliphatic heterocycles. The number of aliphatic hydroxyl groups is 2. The van der Waals surface area contributed by atoms with Crippen molar-refractivity contribution in [2.75, 3.05) is 39.6 Å². The molecule has 0 radical (unpaired) electrons. The van der Waals surface area contributed by atoms with Crippen LogP contribution in [0.2, 0.25) is 0 Å². The van der Waals surface area contributed by atoms with Crippen LogP contribution in [0.1, 0.15) is 278 Å². The second kappa shape index (κ2) is 57.9. The van der Waals surface area contributed by atoms with Crippen LogP contribution in [0, 0.1) is 0 Å². The van der Waals surface area contributed by atoms with Crippen molar-refractivity contribution in [2.24, 2.45) is 0 Å². The van der Waals surface area contributed by atoms with E-state index in [4.69, 9.17) is 32.3 Å². The molecule has 0 saturated heterocycles. The molecule has 0 aromatic heterocycles. The molecule has 0 fully saturated rings. The van der Waals surface area contributed by atoms with Crippen LogP contribution < -0.4 is 0 Å². The van der Waals surface area contributed by atoms with E-state index >= 15 is 0 Å². The molecule has 0 aliphatic carbocycles. The smallest absolute Gasteiger partial charge is 0.463 e. The summed E-state index contributed by atoms with van der Waals surface area (Å²) in [6, 6.07) is 0. The summed E-state index contributed by atoms with van der Waals surface area (Å²) in [7, 11) is -9.75. The number of carbonyl (C=O) groups is 3. The first-order valence-electron chi connectivity index (χ1n) is 31.9. The van der Waals surface area contributed by atoms with E-state index < -0.39 is 91.5 Å². The Morgan fingerprint density at radius 3 is 1.04 bits per heavy atom. The van der Waals surface area contributed by atoms with Gasteiger partial charge in [0.25, 0.3) is 0 Å². The number of carbonyl (C=O) groups excluding carboxylic acids is 3. The zero-order valence-corrected chi connectivity index (χ0v) is 52.7. The number of ether oxygens (including phenoxy) is 3. The van der Waals surface area contributed by atoms with Gasteiger partial charge in [-0.1, -0.05) is 249 Å². The molecule has 81 heavy (non-hydrogen) atoms. The molecule has 16 nitrogen and oxygen atoms in total. The molecule has 18 heteroatoms. The van der Waals surface area contributed by atoms with Crippen molar-refractivity contribution in [3.05, 3.63) is 48.6 Å². The fraction of sp³-hybridized carbons (Fsp3) is 0.825. The minimum atomic E-state index is -4.91. The van der Waals surface area contributed by atoms with E-state index in [0.29, 0.717) is 19.3 Å². The van der Waals surface area contributed by atoms with Crippen molar-refractivity contribution in [3.63, 3.8) is 0 Å². The maximum absolute atomic E-state index is 12.8. The highest BCUT2D eigenvalue weighted by Crippen LogP contribution is 2.45. The Balaban J connectivity index is 4.58. The molecular formula is C63H116O16P2. The Morgan fingerprint density at radius 2 is 0.654 bits per heavy atom. The van der Waals surface area contributed by atoms with Crippen LogP contribution in [0.4, 0.5) is 0 Å². The molecule has 0 bridgehead atoms. The first-order valence-corrected chi connectivity index (χ1v) is 34.9. The van der Waals surface area contributed by atoms with Crippen LogP contribution in [-0.2, 0) is 55.8 Å². The SMILES string of the molecule is CC/C=C\C/C=C\C/C=C\C/C=C\CCCCCCCCC(=O)OCC(O)COP(=O)(O)OCC(O)COP(=O)(O)OCC(COC(=O)CCCCCCCCCCCCCCCCC)OC(=O)CCCCCCCCCCCCC. The van der Waals surface area contributed by atoms with Crippen molar-refractivity contribution in [2.45, 2.75) is 296 Å². The molecule has 4 N–H and O–H groups in total. The third-order valence-electron chi connectivity index (χ3n) is 13.6. The van der Waals surface area contributed by atoms with Crippen molar-refractivity contribution in [3.8, 4) is 0 Å². The Kier molecular flexibility index (Phi) is 56.1. The Morgan fingerprint density at radius 1 is 0.358 bits per heavy atom. The number of esters is 3. The summed E-state index contributed by atoms with van der Waals surface area (Å²) >= 11 is 0. The van der Waals surface area contributed by atoms with Crippen LogP contribution in [-0.4, -0.2) is 95.9 Å². The van der Waals surface area contributed by atoms with E-state index in [1.54, 1.807) is 0 Å². The van der Waals surface area contributed by atoms with E-state index in [9.17, 15) is 43.5 Å². The van der Waals surface area contributed by atoms with Gasteiger partial charge in [0, 0.05) is 19.3 Å². The van der Waals surface area contributed by atoms with Gasteiger partial charge in [0.1, 0.15) is 25.4 Å². The van der Waals surface area contributed by atoms with Crippen LogP contribution in [0.5, 0.6) is 0 Å². The first-order chi connectivity index (χ1) is 39.2. The summed E-state index contributed by atoms with van der Waals surface area (Å²) in [4.78, 5) is 58.1. The highest BCUT2D eigenvalue weighted by molar-refractivity contribution is 7.47. The van der Waals surface area contributed by atoms with Gasteiger partial charge in [-0.3, -0.25) is 32.5 Å². The molecule has 5 unspecified atom stereocenters. The summed E-state index contributed by atoms with van der Waals surface area (Å²) < 4.78 is 60.7. The summed E-state index contributed by atoms with van der Waals surface area (Å²) in [5.74, 6) is -1.57. The van der Waals surface area contributed by atoms with Gasteiger partial charge >= 0.3 is 33.6 Å². The minimum absolute atomic E-state index is 0.112. The van der Waals surface area contributed by atoms with Gasteiger partial charge in [0.15, 0.2) is 6.10 Å². The number of aliphatic hydroxyl groups excluding tert-OH is 2. The second-order valence-corrected chi connectivity index (χ2v) is 24.5. The molecular weight excluding hydrogens is 1070 g/mol. The molecule has 0 heterocycles. The largest absolute Gasteiger partial charge is 0.472 e. The summed E-state index contributed by atoms with van der Waals surface area (Å²) in [6.45, 7) is 2.55. The van der Waals surface area contributed by atoms with E-state index in [2.05, 4.69) is 69.4 Å². The summed E-state index contributed by atoms with van der Waals surface area (Å²) in [5.41, 5.74) is 0. The van der Waals surface area contributed by atoms with Crippen LogP contribution >= 0.6 is 15.6 Å². The Labute approximate surface area is 491 Å². The number of hydrogen-bond acceptors (Lipinski definition) is 14. The van der Waals surface area contributed by atoms with Crippen LogP contribution in [0.25, 0.3) is 0 Å². The molecule has 0 aromatic rings. The number of hydrogen-bond donors (Lipinski definition) is 4. The maximum atomic E-state index is 12.8. The van der Waals surface area contributed by atoms with Gasteiger partial charge in [-0.25, -0.2) is 9.13 Å². The highest BCUT2D eigenvalue weighted by Gasteiger charge is 2.29. The summed E-state index contributed by atoms with van der Waals surface area (Å²) in [5, 5.41) is 20.5. The molecule has 0 aliphatic rings. The zero-order valence-electron chi connectivity index (χ0n) is 51.0. The van der Waals surface area contributed by atoms with Crippen LogP contribution in [0.15, 0.2) is 48.6 Å². The molecule has 0 rings (SSSR count). The monoisotopic (exact) mass is 1190 g/mol. The van der Waals surface area contributed by atoms with Crippen molar-refractivity contribution in [1.29, 1.82) is 0 Å². The fourth-order valence-electron chi connectivity index (χ4n) is 8.68. The standard InChI is InChI=1S/C63H116O16P2/c1-4-7-10-13-16-19-22-24-26-27-28-29-31-33-35-37-40-43-46-49-61(66)73-52-58(64)53-75-80(69,70)76-54-59(65)55-77-81(71,72)78-57-60(79-63(68)51-48-45-42-39-34-21-18-15-12-9-6-3)56-74-62(67)50-47-44-41-38-36-32-30-25-23-20-17-14-11-8-5-2/h7,10,16,19,24,26,28-29,58-60,64-65H,4-6,8-9,11-15,17-18,20-23,25,27,30-57H2,1-3H3,(H,69,70)(H,71,72)/b10-7-,19-16-,26-24-,29-28-. The van der Waals surface area contributed by atoms with Crippen LogP contribution in [0.3, 0.4) is 0 Å². The lowest BCUT2D eigenvalue weighted by Gasteiger charge is -2.21. The number of rotatable bonds is 61. The number of phosphoric ester groups is 2. The van der Waals surface area contributed by atoms with Gasteiger partial charge < -0.3 is 34.2 Å². The topological polar surface area (TPSA) is 231 Å². The summed E-state index contributed by atoms with van der Waals surface area (Å²) in [6.07, 6.45) is 54.6. The molecule has 0 spiro atoms. The quantitative estimate of drug-likeness (QED) is 0.0146. The fourth-order valence-corrected chi connectivity index (χ4v) is 10.3. The second-order valence-electron chi connectivity index (χ2n) is 21.6. The molecule has 474 valence electrons. The first kappa shape index (κ1) is 78.5. The molecule has 0 saturated carbocycles. The van der Waals surface area contributed by atoms with Gasteiger partial charge in [0.2, 0.25) is 0 Å². The van der Waals surface area contributed by atoms with Gasteiger partial charge in [-0.2, -0.15) is 0 Å². The minimum Gasteiger partial charge on any atom is -0.463 e. The lowest BCUT2D eigenvalue weighted by Crippen LogP contribution is -2.30. The third-order valence-corrected chi connectivity index (χ3v) is 15.5. The van der Waals surface area contributed by atoms with E-state index in [1.807, 2.05) is 0 Å². The number of unbranched alkanes of at least 4 members (excludes halogenated alkanes) is 30. The molecule has 5 atom stereocenters. The van der Waals surface area contributed by atoms with E-state index in [-0.39, 0.29) is 19.3 Å². The average Bonchev–Trinajstić information content (AvgIpc) is 3.44. The predicted molar refractivity (Wildman–Crippen MR) is 326 cm³/mol. The van der Waals surface area contributed by atoms with E-state index in [0.717, 1.165) is 109 Å².